The first-order chi connectivity index (χ1) is 12.0. The summed E-state index contributed by atoms with van der Waals surface area (Å²) in [5, 5.41) is 4.27. The lowest BCUT2D eigenvalue weighted by Crippen LogP contribution is -2.47. The maximum absolute atomic E-state index is 13.4. The van der Waals surface area contributed by atoms with Crippen molar-refractivity contribution in [3.63, 3.8) is 0 Å². The number of rotatable bonds is 8. The molecule has 2 fully saturated rings. The predicted molar refractivity (Wildman–Crippen MR) is 85.8 cm³/mol. The number of carbonyl (C=O) groups excluding carboxylic acids is 1. The van der Waals surface area contributed by atoms with Crippen LogP contribution in [0.1, 0.15) is 52.4 Å². The fourth-order valence-electron chi connectivity index (χ4n) is 4.26. The minimum Gasteiger partial charge on any atom is -0.462 e. The Morgan fingerprint density at radius 3 is 2.22 bits per heavy atom. The maximum atomic E-state index is 13.4. The molecule has 158 valence electrons. The highest BCUT2D eigenvalue weighted by Crippen LogP contribution is 2.52. The third-order valence-corrected chi connectivity index (χ3v) is 6.27. The van der Waals surface area contributed by atoms with Crippen LogP contribution >= 0.6 is 0 Å². The van der Waals surface area contributed by atoms with Crippen LogP contribution in [0.5, 0.6) is 0 Å². The van der Waals surface area contributed by atoms with Gasteiger partial charge >= 0.3 is 27.3 Å². The molecule has 0 aliphatic heterocycles. The lowest BCUT2D eigenvalue weighted by Gasteiger charge is -2.33. The molecule has 0 amide bonds. The van der Waals surface area contributed by atoms with Gasteiger partial charge in [-0.25, -0.2) is 0 Å². The molecule has 0 aromatic heterocycles. The molecule has 0 radical (unpaired) electrons. The standard InChI is InChI=1S/C16H24F4O6S/c1-14(2,22)8-10-5-9-6-11(10)12(7-9)26-13(21)3-4-15(17,18)16(19,20)27(23,24)25/h9-12,22H,3-8H2,1-2H3,(H,23,24,25). The minimum atomic E-state index is -6.32. The molecule has 4 atom stereocenters. The van der Waals surface area contributed by atoms with Crippen LogP contribution in [0.3, 0.4) is 0 Å². The van der Waals surface area contributed by atoms with Gasteiger partial charge in [0.25, 0.3) is 0 Å². The van der Waals surface area contributed by atoms with Crippen LogP contribution in [-0.4, -0.2) is 46.9 Å². The highest BCUT2D eigenvalue weighted by Gasteiger charge is 2.65. The van der Waals surface area contributed by atoms with Crippen molar-refractivity contribution >= 4 is 16.1 Å². The third-order valence-electron chi connectivity index (χ3n) is 5.33. The number of fused-ring (bicyclic) bond motifs is 2. The van der Waals surface area contributed by atoms with E-state index in [1.54, 1.807) is 13.8 Å². The van der Waals surface area contributed by atoms with Crippen molar-refractivity contribution < 1.29 is 45.2 Å². The van der Waals surface area contributed by atoms with Crippen molar-refractivity contribution in [2.75, 3.05) is 0 Å². The summed E-state index contributed by atoms with van der Waals surface area (Å²) in [6.07, 6.45) is -0.692. The Hall–Kier alpha value is -0.940. The monoisotopic (exact) mass is 420 g/mol. The van der Waals surface area contributed by atoms with Gasteiger partial charge in [0.1, 0.15) is 6.10 Å². The van der Waals surface area contributed by atoms with Crippen LogP contribution in [-0.2, 0) is 19.6 Å². The fraction of sp³-hybridized carbons (Fsp3) is 0.938. The van der Waals surface area contributed by atoms with E-state index in [0.29, 0.717) is 18.8 Å². The van der Waals surface area contributed by atoms with Crippen molar-refractivity contribution in [1.29, 1.82) is 0 Å². The summed E-state index contributed by atoms with van der Waals surface area (Å²) in [6, 6.07) is 0. The number of aliphatic hydroxyl groups is 1. The molecule has 0 saturated heterocycles. The smallest absolute Gasteiger partial charge is 0.431 e. The first-order valence-electron chi connectivity index (χ1n) is 8.68. The van der Waals surface area contributed by atoms with Crippen molar-refractivity contribution in [3.8, 4) is 0 Å². The maximum Gasteiger partial charge on any atom is 0.431 e. The molecule has 2 bridgehead atoms. The summed E-state index contributed by atoms with van der Waals surface area (Å²) in [5.41, 5.74) is -0.896. The highest BCUT2D eigenvalue weighted by atomic mass is 32.2. The first kappa shape index (κ1) is 22.4. The van der Waals surface area contributed by atoms with Gasteiger partial charge in [0, 0.05) is 6.42 Å². The predicted octanol–water partition coefficient (Wildman–Crippen LogP) is 3.00. The number of ether oxygens (including phenoxy) is 1. The van der Waals surface area contributed by atoms with E-state index in [1.807, 2.05) is 0 Å². The van der Waals surface area contributed by atoms with Crippen LogP contribution in [0.25, 0.3) is 0 Å². The van der Waals surface area contributed by atoms with E-state index in [1.165, 1.54) is 0 Å². The molecule has 11 heteroatoms. The molecule has 6 nitrogen and oxygen atoms in total. The van der Waals surface area contributed by atoms with Gasteiger partial charge in [-0.05, 0) is 57.3 Å². The molecule has 0 aromatic carbocycles. The minimum absolute atomic E-state index is 0.0230. The van der Waals surface area contributed by atoms with Crippen LogP contribution in [0, 0.1) is 17.8 Å². The molecule has 4 unspecified atom stereocenters. The highest BCUT2D eigenvalue weighted by molar-refractivity contribution is 7.87. The van der Waals surface area contributed by atoms with E-state index in [2.05, 4.69) is 0 Å². The van der Waals surface area contributed by atoms with Crippen LogP contribution < -0.4 is 0 Å². The summed E-state index contributed by atoms with van der Waals surface area (Å²) in [4.78, 5) is 11.8. The molecule has 2 rings (SSSR count). The van der Waals surface area contributed by atoms with Crippen LogP contribution in [0.4, 0.5) is 17.6 Å². The number of alkyl halides is 4. The Balaban J connectivity index is 1.91. The van der Waals surface area contributed by atoms with Crippen molar-refractivity contribution in [2.45, 2.75) is 75.3 Å². The van der Waals surface area contributed by atoms with E-state index in [-0.39, 0.29) is 11.8 Å². The summed E-state index contributed by atoms with van der Waals surface area (Å²) < 4.78 is 87.5. The average Bonchev–Trinajstić information content (AvgIpc) is 3.01. The Morgan fingerprint density at radius 1 is 1.15 bits per heavy atom. The number of carbonyl (C=O) groups is 1. The molecule has 2 aliphatic rings. The van der Waals surface area contributed by atoms with Gasteiger partial charge in [0.2, 0.25) is 0 Å². The quantitative estimate of drug-likeness (QED) is 0.356. The van der Waals surface area contributed by atoms with Gasteiger partial charge in [-0.15, -0.1) is 0 Å². The van der Waals surface area contributed by atoms with Gasteiger partial charge in [-0.2, -0.15) is 26.0 Å². The van der Waals surface area contributed by atoms with Crippen LogP contribution in [0.15, 0.2) is 0 Å². The molecule has 0 heterocycles. The van der Waals surface area contributed by atoms with Crippen LogP contribution in [0.2, 0.25) is 0 Å². The van der Waals surface area contributed by atoms with Crippen molar-refractivity contribution in [1.82, 2.24) is 0 Å². The molecular formula is C16H24F4O6S. The number of halogens is 4. The second-order valence-corrected chi connectivity index (χ2v) is 9.70. The lowest BCUT2D eigenvalue weighted by atomic mass is 9.80. The Kier molecular flexibility index (Phi) is 5.91. The second kappa shape index (κ2) is 7.14. The largest absolute Gasteiger partial charge is 0.462 e. The summed E-state index contributed by atoms with van der Waals surface area (Å²) in [7, 11) is -6.32. The summed E-state index contributed by atoms with van der Waals surface area (Å²) >= 11 is 0. The number of hydrogen-bond donors (Lipinski definition) is 2. The topological polar surface area (TPSA) is 101 Å². The SMILES string of the molecule is CC(C)(O)CC1CC2CC(OC(=O)CCC(F)(F)C(F)(F)S(=O)(=O)O)C1C2. The number of hydrogen-bond acceptors (Lipinski definition) is 5. The molecule has 27 heavy (non-hydrogen) atoms. The molecule has 2 N–H and O–H groups in total. The lowest BCUT2D eigenvalue weighted by molar-refractivity contribution is -0.174. The molecule has 0 aromatic rings. The summed E-state index contributed by atoms with van der Waals surface area (Å²) in [5.74, 6) is -5.85. The van der Waals surface area contributed by atoms with Gasteiger partial charge in [0.15, 0.2) is 0 Å². The molecule has 2 aliphatic carbocycles. The third kappa shape index (κ3) is 4.92. The second-order valence-electron chi connectivity index (χ2n) is 8.24. The normalized spacial score (nSPS) is 29.2. The van der Waals surface area contributed by atoms with Crippen molar-refractivity contribution in [3.05, 3.63) is 0 Å². The van der Waals surface area contributed by atoms with E-state index in [9.17, 15) is 35.9 Å². The number of esters is 1. The Labute approximate surface area is 155 Å². The van der Waals surface area contributed by atoms with Gasteiger partial charge in [-0.1, -0.05) is 0 Å². The zero-order chi connectivity index (χ0) is 20.8. The fourth-order valence-corrected chi connectivity index (χ4v) is 4.74. The molecule has 0 spiro atoms. The molecule has 2 saturated carbocycles. The van der Waals surface area contributed by atoms with E-state index >= 15 is 0 Å². The zero-order valence-corrected chi connectivity index (χ0v) is 15.8. The van der Waals surface area contributed by atoms with E-state index in [0.717, 1.165) is 12.8 Å². The first-order valence-corrected chi connectivity index (χ1v) is 10.1. The Morgan fingerprint density at radius 2 is 1.74 bits per heavy atom. The Bertz CT molecular complexity index is 673. The molecular weight excluding hydrogens is 396 g/mol. The van der Waals surface area contributed by atoms with Gasteiger partial charge in [0.05, 0.1) is 12.0 Å². The van der Waals surface area contributed by atoms with E-state index < -0.39 is 51.8 Å². The van der Waals surface area contributed by atoms with Gasteiger partial charge in [-0.3, -0.25) is 9.35 Å². The van der Waals surface area contributed by atoms with E-state index in [4.69, 9.17) is 9.29 Å². The van der Waals surface area contributed by atoms with Crippen molar-refractivity contribution in [2.24, 2.45) is 17.8 Å². The zero-order valence-electron chi connectivity index (χ0n) is 15.0. The average molecular weight is 420 g/mol. The summed E-state index contributed by atoms with van der Waals surface area (Å²) in [6.45, 7) is 3.33. The van der Waals surface area contributed by atoms with Gasteiger partial charge < -0.3 is 9.84 Å².